The lowest BCUT2D eigenvalue weighted by molar-refractivity contribution is 0.543. The molecule has 0 radical (unpaired) electrons. The van der Waals surface area contributed by atoms with Gasteiger partial charge in [-0.1, -0.05) is 12.1 Å². The average Bonchev–Trinajstić information content (AvgIpc) is 2.77. The Bertz CT molecular complexity index is 699. The van der Waals surface area contributed by atoms with Crippen LogP contribution < -0.4 is 10.0 Å². The molecule has 118 valence electrons. The molecular weight excluding hydrogens is 312 g/mol. The predicted molar refractivity (Wildman–Crippen MR) is 81.2 cm³/mol. The largest absolute Gasteiger partial charge is 0.316 e. The second-order valence-corrected chi connectivity index (χ2v) is 9.29. The summed E-state index contributed by atoms with van der Waals surface area (Å²) >= 11 is 0. The van der Waals surface area contributed by atoms with Gasteiger partial charge in [-0.05, 0) is 37.1 Å². The molecule has 1 fully saturated rings. The molecule has 1 heterocycles. The Labute approximate surface area is 125 Å². The maximum absolute atomic E-state index is 12.2. The van der Waals surface area contributed by atoms with E-state index >= 15 is 0 Å². The van der Waals surface area contributed by atoms with Gasteiger partial charge in [0.1, 0.15) is 0 Å². The quantitative estimate of drug-likeness (QED) is 0.772. The van der Waals surface area contributed by atoms with Crippen LogP contribution in [0.1, 0.15) is 12.0 Å². The second kappa shape index (κ2) is 6.43. The van der Waals surface area contributed by atoms with Gasteiger partial charge in [0.05, 0.1) is 16.4 Å². The topological polar surface area (TPSA) is 92.3 Å². The molecule has 2 N–H and O–H groups in total. The van der Waals surface area contributed by atoms with Gasteiger partial charge in [-0.3, -0.25) is 0 Å². The highest BCUT2D eigenvalue weighted by atomic mass is 32.2. The minimum atomic E-state index is -3.60. The molecule has 0 amide bonds. The summed E-state index contributed by atoms with van der Waals surface area (Å²) in [4.78, 5) is 0.205. The normalized spacial score (nSPS) is 21.5. The number of nitrogens with one attached hydrogen (secondary N) is 2. The highest BCUT2D eigenvalue weighted by Gasteiger charge is 2.29. The van der Waals surface area contributed by atoms with Crippen molar-refractivity contribution in [2.45, 2.75) is 17.9 Å². The molecule has 0 saturated carbocycles. The number of sulfonamides is 1. The molecule has 1 saturated heterocycles. The van der Waals surface area contributed by atoms with Crippen molar-refractivity contribution in [1.82, 2.24) is 10.0 Å². The van der Waals surface area contributed by atoms with Gasteiger partial charge in [-0.15, -0.1) is 0 Å². The smallest absolute Gasteiger partial charge is 0.240 e. The Hall–Kier alpha value is -0.960. The summed E-state index contributed by atoms with van der Waals surface area (Å²) in [7, 11) is -4.79. The first-order chi connectivity index (χ1) is 9.82. The molecule has 1 aliphatic rings. The lowest BCUT2D eigenvalue weighted by Gasteiger charge is -2.11. The number of sulfone groups is 1. The van der Waals surface area contributed by atoms with E-state index in [1.807, 2.05) is 6.07 Å². The van der Waals surface area contributed by atoms with Gasteiger partial charge in [0.15, 0.2) is 9.84 Å². The van der Waals surface area contributed by atoms with Crippen molar-refractivity contribution >= 4 is 19.9 Å². The van der Waals surface area contributed by atoms with E-state index in [-0.39, 0.29) is 28.9 Å². The van der Waals surface area contributed by atoms with Crippen molar-refractivity contribution < 1.29 is 16.8 Å². The Morgan fingerprint density at radius 1 is 1.33 bits per heavy atom. The van der Waals surface area contributed by atoms with E-state index in [9.17, 15) is 16.8 Å². The van der Waals surface area contributed by atoms with Gasteiger partial charge >= 0.3 is 0 Å². The zero-order valence-corrected chi connectivity index (χ0v) is 13.5. The molecule has 0 aromatic heterocycles. The Balaban J connectivity index is 2.03. The molecular formula is C13H20N2O4S2. The van der Waals surface area contributed by atoms with E-state index in [0.29, 0.717) is 13.0 Å². The van der Waals surface area contributed by atoms with Crippen LogP contribution >= 0.6 is 0 Å². The summed E-state index contributed by atoms with van der Waals surface area (Å²) in [6.07, 6.45) is 0.518. The summed E-state index contributed by atoms with van der Waals surface area (Å²) in [5, 5.41) is 2.97. The number of hydrogen-bond acceptors (Lipinski definition) is 5. The van der Waals surface area contributed by atoms with Crippen LogP contribution in [0.2, 0.25) is 0 Å². The highest BCUT2D eigenvalue weighted by molar-refractivity contribution is 7.91. The number of rotatable bonds is 6. The third-order valence-electron chi connectivity index (χ3n) is 3.48. The molecule has 8 heteroatoms. The molecule has 2 rings (SSSR count). The summed E-state index contributed by atoms with van der Waals surface area (Å²) in [5.74, 6) is 0.0806. The van der Waals surface area contributed by atoms with Crippen LogP contribution in [0.5, 0.6) is 0 Å². The summed E-state index contributed by atoms with van der Waals surface area (Å²) in [6.45, 7) is 0.752. The zero-order valence-electron chi connectivity index (χ0n) is 11.9. The van der Waals surface area contributed by atoms with Crippen LogP contribution in [0.3, 0.4) is 0 Å². The van der Waals surface area contributed by atoms with Crippen molar-refractivity contribution in [2.75, 3.05) is 25.1 Å². The van der Waals surface area contributed by atoms with Crippen molar-refractivity contribution in [3.63, 3.8) is 0 Å². The van der Waals surface area contributed by atoms with Crippen molar-refractivity contribution in [3.05, 3.63) is 29.8 Å². The van der Waals surface area contributed by atoms with E-state index in [1.54, 1.807) is 19.2 Å². The van der Waals surface area contributed by atoms with Crippen molar-refractivity contribution in [2.24, 2.45) is 5.92 Å². The molecule has 1 unspecified atom stereocenters. The van der Waals surface area contributed by atoms with E-state index in [1.165, 1.54) is 6.07 Å². The predicted octanol–water partition coefficient (Wildman–Crippen LogP) is 0.119. The monoisotopic (exact) mass is 332 g/mol. The fourth-order valence-corrected chi connectivity index (χ4v) is 5.42. The van der Waals surface area contributed by atoms with Crippen LogP contribution in [0.4, 0.5) is 0 Å². The minimum Gasteiger partial charge on any atom is -0.316 e. The van der Waals surface area contributed by atoms with E-state index in [0.717, 1.165) is 5.56 Å². The van der Waals surface area contributed by atoms with E-state index < -0.39 is 19.9 Å². The van der Waals surface area contributed by atoms with Crippen molar-refractivity contribution in [1.29, 1.82) is 0 Å². The summed E-state index contributed by atoms with van der Waals surface area (Å²) in [5.41, 5.74) is 0.879. The fourth-order valence-electron chi connectivity index (χ4n) is 2.37. The molecule has 0 aliphatic carbocycles. The fraction of sp³-hybridized carbons (Fsp3) is 0.538. The van der Waals surface area contributed by atoms with E-state index in [2.05, 4.69) is 10.0 Å². The first-order valence-corrected chi connectivity index (χ1v) is 10.1. The third-order valence-corrected chi connectivity index (χ3v) is 6.74. The van der Waals surface area contributed by atoms with Gasteiger partial charge in [-0.2, -0.15) is 0 Å². The third kappa shape index (κ3) is 4.50. The second-order valence-electron chi connectivity index (χ2n) is 5.30. The Morgan fingerprint density at radius 3 is 2.71 bits per heavy atom. The van der Waals surface area contributed by atoms with Gasteiger partial charge in [-0.25, -0.2) is 21.6 Å². The van der Waals surface area contributed by atoms with Crippen molar-refractivity contribution in [3.8, 4) is 0 Å². The van der Waals surface area contributed by atoms with E-state index in [4.69, 9.17) is 0 Å². The first-order valence-electron chi connectivity index (χ1n) is 6.76. The molecule has 1 aromatic rings. The molecule has 1 aliphatic heterocycles. The van der Waals surface area contributed by atoms with Gasteiger partial charge in [0.25, 0.3) is 0 Å². The maximum Gasteiger partial charge on any atom is 0.240 e. The number of hydrogen-bond donors (Lipinski definition) is 2. The van der Waals surface area contributed by atoms with Gasteiger partial charge in [0, 0.05) is 13.1 Å². The van der Waals surface area contributed by atoms with Gasteiger partial charge < -0.3 is 5.32 Å². The number of benzene rings is 1. The molecule has 0 spiro atoms. The highest BCUT2D eigenvalue weighted by Crippen LogP contribution is 2.18. The van der Waals surface area contributed by atoms with Crippen LogP contribution in [0.15, 0.2) is 29.2 Å². The van der Waals surface area contributed by atoms with Crippen LogP contribution in [-0.4, -0.2) is 41.9 Å². The van der Waals surface area contributed by atoms with Crippen LogP contribution in [0, 0.1) is 5.92 Å². The summed E-state index contributed by atoms with van der Waals surface area (Å²) in [6, 6.07) is 6.69. The maximum atomic E-state index is 12.2. The molecule has 0 bridgehead atoms. The minimum absolute atomic E-state index is 0.0648. The molecule has 1 atom stereocenters. The van der Waals surface area contributed by atoms with Crippen LogP contribution in [0.25, 0.3) is 0 Å². The Kier molecular flexibility index (Phi) is 5.03. The molecule has 21 heavy (non-hydrogen) atoms. The lowest BCUT2D eigenvalue weighted by Crippen LogP contribution is -2.30. The SMILES string of the molecule is CNCc1cccc(S(=O)(=O)NCC2CCS(=O)(=O)C2)c1. The lowest BCUT2D eigenvalue weighted by atomic mass is 10.1. The average molecular weight is 332 g/mol. The Morgan fingerprint density at radius 2 is 2.10 bits per heavy atom. The van der Waals surface area contributed by atoms with Gasteiger partial charge in [0.2, 0.25) is 10.0 Å². The first kappa shape index (κ1) is 16.4. The van der Waals surface area contributed by atoms with Crippen LogP contribution in [-0.2, 0) is 26.4 Å². The molecule has 6 nitrogen and oxygen atoms in total. The zero-order chi connectivity index (χ0) is 15.5. The standard InChI is InChI=1S/C13H20N2O4S2/c1-14-8-11-3-2-4-13(7-11)21(18,19)15-9-12-5-6-20(16,17)10-12/h2-4,7,12,14-15H,5-6,8-10H2,1H3. The molecule has 1 aromatic carbocycles. The summed E-state index contributed by atoms with van der Waals surface area (Å²) < 4.78 is 49.7.